The molecule has 1 unspecified atom stereocenters. The summed E-state index contributed by atoms with van der Waals surface area (Å²) in [7, 11) is 2.85. The van der Waals surface area contributed by atoms with Gasteiger partial charge in [0, 0.05) is 44.8 Å². The highest BCUT2D eigenvalue weighted by atomic mass is 32.1. The van der Waals surface area contributed by atoms with Gasteiger partial charge in [-0.2, -0.15) is 0 Å². The highest BCUT2D eigenvalue weighted by Crippen LogP contribution is 2.48. The van der Waals surface area contributed by atoms with Gasteiger partial charge in [0.25, 0.3) is 0 Å². The molecule has 1 saturated heterocycles. The summed E-state index contributed by atoms with van der Waals surface area (Å²) in [5.74, 6) is -0.677. The Morgan fingerprint density at radius 3 is 2.88 bits per heavy atom. The van der Waals surface area contributed by atoms with Crippen molar-refractivity contribution in [3.05, 3.63) is 40.2 Å². The zero-order chi connectivity index (χ0) is 22.8. The number of esters is 1. The molecule has 0 saturated carbocycles. The summed E-state index contributed by atoms with van der Waals surface area (Å²) < 4.78 is 12.0. The second kappa shape index (κ2) is 9.23. The van der Waals surface area contributed by atoms with Crippen molar-refractivity contribution in [3.63, 3.8) is 0 Å². The molecule has 2 aromatic heterocycles. The number of aromatic nitrogens is 2. The van der Waals surface area contributed by atoms with Crippen LogP contribution in [0.5, 0.6) is 0 Å². The van der Waals surface area contributed by atoms with E-state index in [2.05, 4.69) is 4.98 Å². The molecule has 10 nitrogen and oxygen atoms in total. The van der Waals surface area contributed by atoms with Gasteiger partial charge in [-0.05, 0) is 18.6 Å². The predicted octanol–water partition coefficient (Wildman–Crippen LogP) is 2.92. The lowest BCUT2D eigenvalue weighted by Crippen LogP contribution is -2.22. The van der Waals surface area contributed by atoms with Gasteiger partial charge >= 0.3 is 11.7 Å². The minimum absolute atomic E-state index is 0.0345. The largest absolute Gasteiger partial charge is 0.465 e. The lowest BCUT2D eigenvalue weighted by atomic mass is 10.1. The Labute approximate surface area is 188 Å². The Bertz CT molecular complexity index is 1160. The van der Waals surface area contributed by atoms with E-state index in [4.69, 9.17) is 9.47 Å². The number of imidazole rings is 1. The molecule has 0 amide bonds. The number of aliphatic hydroxyl groups is 1. The number of ether oxygens (including phenoxy) is 2. The summed E-state index contributed by atoms with van der Waals surface area (Å²) >= 11 is 1.20. The van der Waals surface area contributed by atoms with Crippen LogP contribution in [-0.4, -0.2) is 66.1 Å². The van der Waals surface area contributed by atoms with Gasteiger partial charge in [-0.15, -0.1) is 11.3 Å². The molecule has 0 aliphatic carbocycles. The highest BCUT2D eigenvalue weighted by Gasteiger charge is 2.37. The number of hydrogen-bond acceptors (Lipinski definition) is 9. The van der Waals surface area contributed by atoms with Crippen molar-refractivity contribution >= 4 is 39.0 Å². The summed E-state index contributed by atoms with van der Waals surface area (Å²) in [5, 5.41) is 22.1. The first kappa shape index (κ1) is 22.2. The van der Waals surface area contributed by atoms with E-state index >= 15 is 0 Å². The van der Waals surface area contributed by atoms with E-state index in [-0.39, 0.29) is 23.8 Å². The van der Waals surface area contributed by atoms with Crippen LogP contribution in [0.15, 0.2) is 24.5 Å². The maximum atomic E-state index is 12.6. The van der Waals surface area contributed by atoms with Crippen LogP contribution in [0.1, 0.15) is 16.8 Å². The van der Waals surface area contributed by atoms with Crippen LogP contribution >= 0.6 is 11.3 Å². The van der Waals surface area contributed by atoms with Crippen LogP contribution in [0.4, 0.5) is 10.7 Å². The molecule has 32 heavy (non-hydrogen) atoms. The monoisotopic (exact) mass is 460 g/mol. The number of rotatable bonds is 8. The summed E-state index contributed by atoms with van der Waals surface area (Å²) in [6.45, 7) is 2.35. The van der Waals surface area contributed by atoms with Crippen LogP contribution in [0.3, 0.4) is 0 Å². The lowest BCUT2D eigenvalue weighted by Gasteiger charge is -2.17. The van der Waals surface area contributed by atoms with Crippen LogP contribution in [0, 0.1) is 16.0 Å². The van der Waals surface area contributed by atoms with Crippen molar-refractivity contribution in [1.29, 1.82) is 0 Å². The van der Waals surface area contributed by atoms with E-state index < -0.39 is 10.9 Å². The molecule has 3 aromatic rings. The quantitative estimate of drug-likeness (QED) is 0.310. The van der Waals surface area contributed by atoms with Crippen molar-refractivity contribution in [3.8, 4) is 10.4 Å². The first-order chi connectivity index (χ1) is 15.5. The van der Waals surface area contributed by atoms with Gasteiger partial charge in [0.2, 0.25) is 0 Å². The van der Waals surface area contributed by atoms with Gasteiger partial charge in [0.15, 0.2) is 5.56 Å². The first-order valence-corrected chi connectivity index (χ1v) is 11.0. The summed E-state index contributed by atoms with van der Waals surface area (Å²) in [4.78, 5) is 30.9. The molecule has 0 bridgehead atoms. The fraction of sp³-hybridized carbons (Fsp3) is 0.429. The lowest BCUT2D eigenvalue weighted by molar-refractivity contribution is -0.384. The minimum atomic E-state index is -0.744. The van der Waals surface area contributed by atoms with E-state index in [9.17, 15) is 20.0 Å². The number of nitro groups is 1. The SMILES string of the molecule is COCCn1cnc2cc(-c3sc(N4CCC(CO)C4)c(C(=O)OC)c3[N+](=O)[O-])ccc21. The second-order valence-electron chi connectivity index (χ2n) is 7.63. The Balaban J connectivity index is 1.83. The highest BCUT2D eigenvalue weighted by molar-refractivity contribution is 7.20. The van der Waals surface area contributed by atoms with Gasteiger partial charge < -0.3 is 24.0 Å². The third-order valence-electron chi connectivity index (χ3n) is 5.69. The topological polar surface area (TPSA) is 120 Å². The molecule has 1 fully saturated rings. The van der Waals surface area contributed by atoms with Crippen LogP contribution in [0.2, 0.25) is 0 Å². The second-order valence-corrected chi connectivity index (χ2v) is 8.63. The van der Waals surface area contributed by atoms with E-state index in [1.807, 2.05) is 15.5 Å². The maximum absolute atomic E-state index is 12.6. The van der Waals surface area contributed by atoms with Crippen molar-refractivity contribution in [2.24, 2.45) is 5.92 Å². The fourth-order valence-electron chi connectivity index (χ4n) is 4.03. The molecule has 1 aliphatic heterocycles. The number of thiophene rings is 1. The van der Waals surface area contributed by atoms with Crippen LogP contribution < -0.4 is 4.90 Å². The van der Waals surface area contributed by atoms with Gasteiger partial charge in [-0.25, -0.2) is 9.78 Å². The van der Waals surface area contributed by atoms with E-state index in [1.165, 1.54) is 18.4 Å². The number of aliphatic hydroxyl groups excluding tert-OH is 1. The van der Waals surface area contributed by atoms with E-state index in [1.54, 1.807) is 25.6 Å². The zero-order valence-electron chi connectivity index (χ0n) is 17.8. The Morgan fingerprint density at radius 2 is 2.22 bits per heavy atom. The van der Waals surface area contributed by atoms with E-state index in [0.29, 0.717) is 47.2 Å². The summed E-state index contributed by atoms with van der Waals surface area (Å²) in [6, 6.07) is 5.46. The number of carbonyl (C=O) groups is 1. The van der Waals surface area contributed by atoms with Gasteiger partial charge in [0.05, 0.1) is 36.0 Å². The van der Waals surface area contributed by atoms with Crippen LogP contribution in [-0.2, 0) is 16.0 Å². The predicted molar refractivity (Wildman–Crippen MR) is 120 cm³/mol. The molecule has 170 valence electrons. The van der Waals surface area contributed by atoms with Crippen molar-refractivity contribution in [2.75, 3.05) is 45.4 Å². The molecule has 1 aromatic carbocycles. The third-order valence-corrected chi connectivity index (χ3v) is 6.98. The van der Waals surface area contributed by atoms with Crippen molar-refractivity contribution in [2.45, 2.75) is 13.0 Å². The zero-order valence-corrected chi connectivity index (χ0v) is 18.6. The molecule has 1 atom stereocenters. The summed E-state index contributed by atoms with van der Waals surface area (Å²) in [5.41, 5.74) is 1.90. The minimum Gasteiger partial charge on any atom is -0.465 e. The molecule has 11 heteroatoms. The summed E-state index contributed by atoms with van der Waals surface area (Å²) in [6.07, 6.45) is 2.46. The molecule has 1 aliphatic rings. The standard InChI is InChI=1S/C21H24N4O6S/c1-30-8-7-24-12-22-15-9-14(3-4-16(15)24)19-18(25(28)29)17(21(27)31-2)20(32-19)23-6-5-13(10-23)11-26/h3-4,9,12-13,26H,5-8,10-11H2,1-2H3. The molecule has 3 heterocycles. The Hall–Kier alpha value is -3.02. The molecular weight excluding hydrogens is 436 g/mol. The molecule has 0 radical (unpaired) electrons. The van der Waals surface area contributed by atoms with E-state index in [0.717, 1.165) is 11.9 Å². The number of anilines is 1. The third kappa shape index (κ3) is 3.94. The number of fused-ring (bicyclic) bond motifs is 1. The molecular formula is C21H24N4O6S. The number of methoxy groups -OCH3 is 2. The average Bonchev–Trinajstić information content (AvgIpc) is 3.52. The molecule has 4 rings (SSSR count). The first-order valence-electron chi connectivity index (χ1n) is 10.2. The molecule has 1 N–H and O–H groups in total. The number of carbonyl (C=O) groups excluding carboxylic acids is 1. The average molecular weight is 461 g/mol. The smallest absolute Gasteiger partial charge is 0.347 e. The van der Waals surface area contributed by atoms with Crippen molar-refractivity contribution < 1.29 is 24.3 Å². The van der Waals surface area contributed by atoms with Gasteiger partial charge in [-0.1, -0.05) is 6.07 Å². The van der Waals surface area contributed by atoms with Gasteiger partial charge in [0.1, 0.15) is 9.88 Å². The number of benzene rings is 1. The Kier molecular flexibility index (Phi) is 6.40. The normalized spacial score (nSPS) is 16.1. The Morgan fingerprint density at radius 1 is 1.41 bits per heavy atom. The maximum Gasteiger partial charge on any atom is 0.347 e. The van der Waals surface area contributed by atoms with Crippen molar-refractivity contribution in [1.82, 2.24) is 9.55 Å². The van der Waals surface area contributed by atoms with Gasteiger partial charge in [-0.3, -0.25) is 10.1 Å². The van der Waals surface area contributed by atoms with Crippen LogP contribution in [0.25, 0.3) is 21.5 Å². The number of hydrogen-bond donors (Lipinski definition) is 1. The fourth-order valence-corrected chi connectivity index (χ4v) is 5.32. The molecule has 0 spiro atoms. The number of nitrogens with zero attached hydrogens (tertiary/aromatic N) is 4.